The zero-order valence-electron chi connectivity index (χ0n) is 8.23. The van der Waals surface area contributed by atoms with Crippen LogP contribution in [0.3, 0.4) is 0 Å². The molecule has 0 aromatic rings. The Morgan fingerprint density at radius 1 is 1.50 bits per heavy atom. The Kier molecular flexibility index (Phi) is 3.73. The normalized spacial score (nSPS) is 16.2. The first-order valence-electron chi connectivity index (χ1n) is 4.68. The van der Waals surface area contributed by atoms with E-state index < -0.39 is 5.97 Å². The summed E-state index contributed by atoms with van der Waals surface area (Å²) in [6.07, 6.45) is 1.49. The molecule has 0 bridgehead atoms. The van der Waals surface area contributed by atoms with Crippen LogP contribution in [0, 0.1) is 5.92 Å². The minimum absolute atomic E-state index is 0.217. The lowest BCUT2D eigenvalue weighted by Gasteiger charge is -2.37. The minimum Gasteiger partial charge on any atom is -0.481 e. The lowest BCUT2D eigenvalue weighted by molar-refractivity contribution is -0.137. The van der Waals surface area contributed by atoms with E-state index >= 15 is 0 Å². The number of ether oxygens (including phenoxy) is 1. The highest BCUT2D eigenvalue weighted by atomic mass is 16.5. The maximum Gasteiger partial charge on any atom is 0.409 e. The van der Waals surface area contributed by atoms with Crippen LogP contribution in [0.2, 0.25) is 0 Å². The molecule has 5 nitrogen and oxygen atoms in total. The molecule has 0 spiro atoms. The summed E-state index contributed by atoms with van der Waals surface area (Å²) in [6, 6.07) is 0. The van der Waals surface area contributed by atoms with E-state index in [1.807, 2.05) is 0 Å². The van der Waals surface area contributed by atoms with E-state index in [-0.39, 0.29) is 12.5 Å². The number of carboxylic acids is 1. The van der Waals surface area contributed by atoms with Crippen LogP contribution in [0.4, 0.5) is 4.79 Å². The number of methoxy groups -OCH3 is 1. The first-order valence-corrected chi connectivity index (χ1v) is 4.68. The summed E-state index contributed by atoms with van der Waals surface area (Å²) in [4.78, 5) is 22.8. The van der Waals surface area contributed by atoms with Crippen molar-refractivity contribution >= 4 is 12.1 Å². The molecule has 0 aromatic heterocycles. The van der Waals surface area contributed by atoms with Crippen molar-refractivity contribution in [3.63, 3.8) is 0 Å². The van der Waals surface area contributed by atoms with E-state index in [4.69, 9.17) is 5.11 Å². The Labute approximate surface area is 82.6 Å². The average molecular weight is 201 g/mol. The van der Waals surface area contributed by atoms with E-state index in [2.05, 4.69) is 4.74 Å². The number of likely N-dealkylation sites (tertiary alicyclic amines) is 1. The Balaban J connectivity index is 2.04. The molecule has 0 unspecified atom stereocenters. The smallest absolute Gasteiger partial charge is 0.409 e. The van der Waals surface area contributed by atoms with E-state index in [0.717, 1.165) is 6.42 Å². The molecular weight excluding hydrogens is 186 g/mol. The van der Waals surface area contributed by atoms with Crippen LogP contribution in [0.15, 0.2) is 0 Å². The average Bonchev–Trinajstić information content (AvgIpc) is 2.07. The standard InChI is InChI=1S/C9H15NO4/c1-14-9(13)10-5-7(6-10)3-2-4-8(11)12/h7H,2-6H2,1H3,(H,11,12). The van der Waals surface area contributed by atoms with Crippen LogP contribution in [-0.4, -0.2) is 42.3 Å². The lowest BCUT2D eigenvalue weighted by atomic mass is 9.94. The zero-order chi connectivity index (χ0) is 10.6. The summed E-state index contributed by atoms with van der Waals surface area (Å²) in [5, 5.41) is 8.41. The molecule has 1 aliphatic rings. The Morgan fingerprint density at radius 2 is 2.14 bits per heavy atom. The summed E-state index contributed by atoms with van der Waals surface area (Å²) in [7, 11) is 1.36. The van der Waals surface area contributed by atoms with Gasteiger partial charge in [-0.2, -0.15) is 0 Å². The second kappa shape index (κ2) is 4.83. The first-order chi connectivity index (χ1) is 6.63. The van der Waals surface area contributed by atoms with Gasteiger partial charge < -0.3 is 14.7 Å². The summed E-state index contributed by atoms with van der Waals surface area (Å²) in [5.74, 6) is -0.303. The molecule has 1 heterocycles. The van der Waals surface area contributed by atoms with E-state index in [0.29, 0.717) is 25.4 Å². The first kappa shape index (κ1) is 10.8. The van der Waals surface area contributed by atoms with Crippen LogP contribution in [-0.2, 0) is 9.53 Å². The molecule has 1 fully saturated rings. The molecule has 5 heteroatoms. The van der Waals surface area contributed by atoms with Crippen LogP contribution in [0.25, 0.3) is 0 Å². The molecule has 0 aliphatic carbocycles. The van der Waals surface area contributed by atoms with Crippen molar-refractivity contribution in [1.29, 1.82) is 0 Å². The fourth-order valence-corrected chi connectivity index (χ4v) is 1.57. The molecule has 0 atom stereocenters. The van der Waals surface area contributed by atoms with Gasteiger partial charge in [-0.25, -0.2) is 4.79 Å². The lowest BCUT2D eigenvalue weighted by Crippen LogP contribution is -2.49. The Bertz CT molecular complexity index is 223. The van der Waals surface area contributed by atoms with Crippen molar-refractivity contribution in [2.45, 2.75) is 19.3 Å². The summed E-state index contributed by atoms with van der Waals surface area (Å²) in [6.45, 7) is 1.40. The van der Waals surface area contributed by atoms with E-state index in [9.17, 15) is 9.59 Å². The number of amides is 1. The van der Waals surface area contributed by atoms with Crippen LogP contribution >= 0.6 is 0 Å². The molecule has 1 amide bonds. The van der Waals surface area contributed by atoms with E-state index in [1.165, 1.54) is 7.11 Å². The van der Waals surface area contributed by atoms with Crippen LogP contribution < -0.4 is 0 Å². The topological polar surface area (TPSA) is 66.8 Å². The number of carboxylic acid groups (broad SMARTS) is 1. The molecule has 1 rings (SSSR count). The number of nitrogens with zero attached hydrogens (tertiary/aromatic N) is 1. The fraction of sp³-hybridized carbons (Fsp3) is 0.778. The third-order valence-electron chi connectivity index (χ3n) is 2.39. The summed E-state index contributed by atoms with van der Waals surface area (Å²) < 4.78 is 4.54. The molecule has 1 aliphatic heterocycles. The van der Waals surface area contributed by atoms with Gasteiger partial charge in [-0.15, -0.1) is 0 Å². The zero-order valence-corrected chi connectivity index (χ0v) is 8.23. The van der Waals surface area contributed by atoms with Gasteiger partial charge in [-0.3, -0.25) is 4.79 Å². The molecule has 80 valence electrons. The molecule has 0 radical (unpaired) electrons. The van der Waals surface area contributed by atoms with Crippen molar-refractivity contribution in [1.82, 2.24) is 4.90 Å². The Morgan fingerprint density at radius 3 is 2.64 bits per heavy atom. The van der Waals surface area contributed by atoms with Crippen molar-refractivity contribution in [2.75, 3.05) is 20.2 Å². The second-order valence-corrected chi connectivity index (χ2v) is 3.53. The quantitative estimate of drug-likeness (QED) is 0.735. The van der Waals surface area contributed by atoms with Gasteiger partial charge in [-0.1, -0.05) is 0 Å². The van der Waals surface area contributed by atoms with Crippen molar-refractivity contribution in [3.05, 3.63) is 0 Å². The molecule has 1 N–H and O–H groups in total. The summed E-state index contributed by atoms with van der Waals surface area (Å²) in [5.41, 5.74) is 0. The molecule has 1 saturated heterocycles. The van der Waals surface area contributed by atoms with Gasteiger partial charge >= 0.3 is 12.1 Å². The van der Waals surface area contributed by atoms with Crippen LogP contribution in [0.5, 0.6) is 0 Å². The predicted molar refractivity (Wildman–Crippen MR) is 49.0 cm³/mol. The maximum absolute atomic E-state index is 10.9. The predicted octanol–water partition coefficient (Wildman–Crippen LogP) is 0.940. The third-order valence-corrected chi connectivity index (χ3v) is 2.39. The van der Waals surface area contributed by atoms with Gasteiger partial charge in [0.05, 0.1) is 7.11 Å². The second-order valence-electron chi connectivity index (χ2n) is 3.53. The molecule has 14 heavy (non-hydrogen) atoms. The van der Waals surface area contributed by atoms with Crippen LogP contribution in [0.1, 0.15) is 19.3 Å². The highest BCUT2D eigenvalue weighted by Crippen LogP contribution is 2.21. The highest BCUT2D eigenvalue weighted by molar-refractivity contribution is 5.68. The third kappa shape index (κ3) is 2.90. The number of hydrogen-bond donors (Lipinski definition) is 1. The van der Waals surface area contributed by atoms with Gasteiger partial charge in [0.25, 0.3) is 0 Å². The van der Waals surface area contributed by atoms with Crippen molar-refractivity contribution < 1.29 is 19.4 Å². The monoisotopic (exact) mass is 201 g/mol. The molecule has 0 aromatic carbocycles. The number of rotatable bonds is 4. The highest BCUT2D eigenvalue weighted by Gasteiger charge is 2.30. The Hall–Kier alpha value is -1.26. The van der Waals surface area contributed by atoms with Gasteiger partial charge in [0, 0.05) is 19.5 Å². The van der Waals surface area contributed by atoms with Crippen molar-refractivity contribution in [2.24, 2.45) is 5.92 Å². The SMILES string of the molecule is COC(=O)N1CC(CCCC(=O)O)C1. The number of aliphatic carboxylic acids is 1. The van der Waals surface area contributed by atoms with Gasteiger partial charge in [0.1, 0.15) is 0 Å². The fourth-order valence-electron chi connectivity index (χ4n) is 1.57. The molecule has 0 saturated carbocycles. The molecular formula is C9H15NO4. The van der Waals surface area contributed by atoms with Gasteiger partial charge in [0.15, 0.2) is 0 Å². The van der Waals surface area contributed by atoms with E-state index in [1.54, 1.807) is 4.90 Å². The number of carbonyl (C=O) groups excluding carboxylic acids is 1. The number of carbonyl (C=O) groups is 2. The minimum atomic E-state index is -0.755. The van der Waals surface area contributed by atoms with Crippen molar-refractivity contribution in [3.8, 4) is 0 Å². The van der Waals surface area contributed by atoms with Gasteiger partial charge in [0.2, 0.25) is 0 Å². The number of hydrogen-bond acceptors (Lipinski definition) is 3. The maximum atomic E-state index is 10.9. The summed E-state index contributed by atoms with van der Waals surface area (Å²) >= 11 is 0. The largest absolute Gasteiger partial charge is 0.481 e. The van der Waals surface area contributed by atoms with Gasteiger partial charge in [-0.05, 0) is 18.8 Å².